The van der Waals surface area contributed by atoms with Crippen LogP contribution < -0.4 is 11.2 Å². The third-order valence-electron chi connectivity index (χ3n) is 3.34. The van der Waals surface area contributed by atoms with Crippen molar-refractivity contribution in [2.24, 2.45) is 0 Å². The highest BCUT2D eigenvalue weighted by Gasteiger charge is 2.13. The molecule has 1 saturated heterocycles. The second-order valence-electron chi connectivity index (χ2n) is 5.16. The second kappa shape index (κ2) is 5.93. The van der Waals surface area contributed by atoms with Crippen molar-refractivity contribution >= 4 is 17.3 Å². The number of hydrogen-bond acceptors (Lipinski definition) is 4. The number of nitrogens with two attached hydrogens (primary N) is 1. The smallest absolute Gasteiger partial charge is 0.253 e. The normalized spacial score (nSPS) is 16.1. The quantitative estimate of drug-likeness (QED) is 0.815. The van der Waals surface area contributed by atoms with Crippen LogP contribution in [-0.2, 0) is 0 Å². The minimum absolute atomic E-state index is 0.0313. The van der Waals surface area contributed by atoms with Crippen LogP contribution in [0.5, 0.6) is 0 Å². The summed E-state index contributed by atoms with van der Waals surface area (Å²) in [5.74, 6) is -0.0313. The molecule has 1 aliphatic heterocycles. The van der Waals surface area contributed by atoms with Gasteiger partial charge in [-0.15, -0.1) is 0 Å². The lowest BCUT2D eigenvalue weighted by atomic mass is 10.1. The molecule has 1 aromatic rings. The number of hydrogen-bond donors (Lipinski definition) is 2. The molecule has 1 amide bonds. The van der Waals surface area contributed by atoms with E-state index in [0.717, 1.165) is 18.8 Å². The van der Waals surface area contributed by atoms with E-state index in [1.807, 2.05) is 12.1 Å². The van der Waals surface area contributed by atoms with Crippen molar-refractivity contribution in [2.45, 2.75) is 19.3 Å². The molecule has 5 heteroatoms. The lowest BCUT2D eigenvalue weighted by molar-refractivity contribution is 0.0827. The molecule has 1 fully saturated rings. The summed E-state index contributed by atoms with van der Waals surface area (Å²) < 4.78 is 0. The predicted molar refractivity (Wildman–Crippen MR) is 77.9 cm³/mol. The number of piperidine rings is 1. The van der Waals surface area contributed by atoms with Crippen molar-refractivity contribution in [1.82, 2.24) is 9.91 Å². The topological polar surface area (TPSA) is 61.6 Å². The van der Waals surface area contributed by atoms with E-state index in [2.05, 4.69) is 10.4 Å². The number of hydrazine groups is 1. The fraction of sp³-hybridized carbons (Fsp3) is 0.500. The highest BCUT2D eigenvalue weighted by Crippen LogP contribution is 2.22. The number of amides is 1. The first-order valence-corrected chi connectivity index (χ1v) is 6.70. The summed E-state index contributed by atoms with van der Waals surface area (Å²) >= 11 is 0. The molecule has 0 radical (unpaired) electrons. The zero-order chi connectivity index (χ0) is 13.8. The van der Waals surface area contributed by atoms with Gasteiger partial charge in [-0.3, -0.25) is 4.79 Å². The van der Waals surface area contributed by atoms with E-state index in [-0.39, 0.29) is 5.91 Å². The SMILES string of the molecule is CN(C)C(=O)c1ccc(NN2CCCCC2)c(N)c1. The van der Waals surface area contributed by atoms with Gasteiger partial charge >= 0.3 is 0 Å². The lowest BCUT2D eigenvalue weighted by Crippen LogP contribution is -2.35. The van der Waals surface area contributed by atoms with Gasteiger partial charge in [0.25, 0.3) is 5.91 Å². The number of anilines is 2. The third-order valence-corrected chi connectivity index (χ3v) is 3.34. The number of rotatable bonds is 3. The van der Waals surface area contributed by atoms with Crippen LogP contribution in [0.3, 0.4) is 0 Å². The van der Waals surface area contributed by atoms with Crippen molar-refractivity contribution in [3.8, 4) is 0 Å². The summed E-state index contributed by atoms with van der Waals surface area (Å²) in [4.78, 5) is 13.4. The standard InChI is InChI=1S/C14H22N4O/c1-17(2)14(19)11-6-7-13(12(15)10-11)16-18-8-4-3-5-9-18/h6-7,10,16H,3-5,8-9,15H2,1-2H3. The predicted octanol–water partition coefficient (Wildman–Crippen LogP) is 1.78. The molecular formula is C14H22N4O. The van der Waals surface area contributed by atoms with Crippen LogP contribution in [0.25, 0.3) is 0 Å². The van der Waals surface area contributed by atoms with Crippen LogP contribution in [0.15, 0.2) is 18.2 Å². The zero-order valence-corrected chi connectivity index (χ0v) is 11.6. The molecule has 1 aromatic carbocycles. The monoisotopic (exact) mass is 262 g/mol. The molecule has 0 saturated carbocycles. The van der Waals surface area contributed by atoms with E-state index in [4.69, 9.17) is 5.73 Å². The minimum Gasteiger partial charge on any atom is -0.397 e. The molecule has 5 nitrogen and oxygen atoms in total. The Hall–Kier alpha value is -1.75. The Kier molecular flexibility index (Phi) is 4.27. The molecule has 104 valence electrons. The van der Waals surface area contributed by atoms with Gasteiger partial charge in [-0.1, -0.05) is 6.42 Å². The van der Waals surface area contributed by atoms with Gasteiger partial charge in [0.05, 0.1) is 11.4 Å². The number of benzene rings is 1. The maximum Gasteiger partial charge on any atom is 0.253 e. The molecule has 19 heavy (non-hydrogen) atoms. The van der Waals surface area contributed by atoms with Crippen LogP contribution in [0, 0.1) is 0 Å². The lowest BCUT2D eigenvalue weighted by Gasteiger charge is -2.28. The summed E-state index contributed by atoms with van der Waals surface area (Å²) in [7, 11) is 3.47. The maximum absolute atomic E-state index is 11.8. The molecule has 1 heterocycles. The number of carbonyl (C=O) groups excluding carboxylic acids is 1. The number of carbonyl (C=O) groups is 1. The first kappa shape index (κ1) is 13.7. The van der Waals surface area contributed by atoms with E-state index >= 15 is 0 Å². The molecular weight excluding hydrogens is 240 g/mol. The molecule has 0 spiro atoms. The van der Waals surface area contributed by atoms with Crippen LogP contribution in [0.1, 0.15) is 29.6 Å². The van der Waals surface area contributed by atoms with E-state index in [1.165, 1.54) is 19.3 Å². The van der Waals surface area contributed by atoms with Crippen LogP contribution in [0.4, 0.5) is 11.4 Å². The fourth-order valence-electron chi connectivity index (χ4n) is 2.23. The molecule has 3 N–H and O–H groups in total. The molecule has 0 bridgehead atoms. The Morgan fingerprint density at radius 3 is 2.53 bits per heavy atom. The average Bonchev–Trinajstić information content (AvgIpc) is 2.41. The summed E-state index contributed by atoms with van der Waals surface area (Å²) in [6, 6.07) is 5.42. The van der Waals surface area contributed by atoms with E-state index < -0.39 is 0 Å². The highest BCUT2D eigenvalue weighted by molar-refractivity contribution is 5.95. The van der Waals surface area contributed by atoms with Gasteiger partial charge in [-0.25, -0.2) is 5.01 Å². The Morgan fingerprint density at radius 1 is 1.26 bits per heavy atom. The number of nitrogens with one attached hydrogen (secondary N) is 1. The summed E-state index contributed by atoms with van der Waals surface area (Å²) in [6.45, 7) is 2.08. The van der Waals surface area contributed by atoms with Crippen LogP contribution >= 0.6 is 0 Å². The van der Waals surface area contributed by atoms with Gasteiger partial charge < -0.3 is 16.1 Å². The van der Waals surface area contributed by atoms with Gasteiger partial charge in [-0.2, -0.15) is 0 Å². The van der Waals surface area contributed by atoms with Gasteiger partial charge in [0.15, 0.2) is 0 Å². The molecule has 0 aromatic heterocycles. The van der Waals surface area contributed by atoms with Gasteiger partial charge in [0.1, 0.15) is 0 Å². The van der Waals surface area contributed by atoms with Gasteiger partial charge in [0, 0.05) is 32.7 Å². The van der Waals surface area contributed by atoms with Crippen molar-refractivity contribution in [3.05, 3.63) is 23.8 Å². The van der Waals surface area contributed by atoms with Crippen LogP contribution in [0.2, 0.25) is 0 Å². The average molecular weight is 262 g/mol. The van der Waals surface area contributed by atoms with E-state index in [1.54, 1.807) is 25.1 Å². The highest BCUT2D eigenvalue weighted by atomic mass is 16.2. The van der Waals surface area contributed by atoms with E-state index in [0.29, 0.717) is 11.3 Å². The molecule has 1 aliphatic rings. The summed E-state index contributed by atoms with van der Waals surface area (Å²) in [5, 5.41) is 2.18. The molecule has 2 rings (SSSR count). The van der Waals surface area contributed by atoms with Crippen molar-refractivity contribution in [2.75, 3.05) is 38.3 Å². The Balaban J connectivity index is 2.08. The second-order valence-corrected chi connectivity index (χ2v) is 5.16. The summed E-state index contributed by atoms with van der Waals surface area (Å²) in [5.41, 5.74) is 11.4. The molecule has 0 atom stereocenters. The molecule has 0 aliphatic carbocycles. The zero-order valence-electron chi connectivity index (χ0n) is 11.6. The third kappa shape index (κ3) is 3.38. The van der Waals surface area contributed by atoms with Crippen molar-refractivity contribution in [1.29, 1.82) is 0 Å². The van der Waals surface area contributed by atoms with E-state index in [9.17, 15) is 4.79 Å². The van der Waals surface area contributed by atoms with Crippen molar-refractivity contribution < 1.29 is 4.79 Å². The number of nitrogen functional groups attached to an aromatic ring is 1. The first-order chi connectivity index (χ1) is 9.08. The minimum atomic E-state index is -0.0313. The maximum atomic E-state index is 11.8. The first-order valence-electron chi connectivity index (χ1n) is 6.70. The Bertz CT molecular complexity index is 453. The largest absolute Gasteiger partial charge is 0.397 e. The van der Waals surface area contributed by atoms with Gasteiger partial charge in [0.2, 0.25) is 0 Å². The summed E-state index contributed by atoms with van der Waals surface area (Å²) in [6.07, 6.45) is 3.72. The molecule has 0 unspecified atom stereocenters. The Morgan fingerprint density at radius 2 is 1.95 bits per heavy atom. The number of nitrogens with zero attached hydrogens (tertiary/aromatic N) is 2. The van der Waals surface area contributed by atoms with Crippen molar-refractivity contribution in [3.63, 3.8) is 0 Å². The van der Waals surface area contributed by atoms with Gasteiger partial charge in [-0.05, 0) is 31.0 Å². The Labute approximate surface area is 114 Å². The fourth-order valence-corrected chi connectivity index (χ4v) is 2.23. The van der Waals surface area contributed by atoms with Crippen LogP contribution in [-0.4, -0.2) is 43.0 Å².